The second-order valence-corrected chi connectivity index (χ2v) is 7.81. The second-order valence-electron chi connectivity index (χ2n) is 6.89. The van der Waals surface area contributed by atoms with Crippen molar-refractivity contribution in [3.63, 3.8) is 0 Å². The molecule has 31 heavy (non-hydrogen) atoms. The van der Waals surface area contributed by atoms with Crippen molar-refractivity contribution < 1.29 is 13.6 Å². The number of aromatic nitrogens is 2. The maximum Gasteiger partial charge on any atom is 0.331 e. The average molecular weight is 441 g/mol. The summed E-state index contributed by atoms with van der Waals surface area (Å²) in [5.41, 5.74) is 0.613. The van der Waals surface area contributed by atoms with Crippen molar-refractivity contribution in [3.8, 4) is 0 Å². The first kappa shape index (κ1) is 20.7. The van der Waals surface area contributed by atoms with Crippen molar-refractivity contribution >= 4 is 33.1 Å². The van der Waals surface area contributed by atoms with Crippen LogP contribution in [0.3, 0.4) is 0 Å². The van der Waals surface area contributed by atoms with E-state index in [1.54, 1.807) is 23.6 Å². The number of rotatable bonds is 6. The minimum Gasteiger partial charge on any atom is -0.326 e. The Bertz CT molecular complexity index is 1360. The predicted octanol–water partition coefficient (Wildman–Crippen LogP) is 3.58. The van der Waals surface area contributed by atoms with Crippen molar-refractivity contribution in [3.05, 3.63) is 98.0 Å². The smallest absolute Gasteiger partial charge is 0.326 e. The van der Waals surface area contributed by atoms with E-state index in [9.17, 15) is 23.2 Å². The molecule has 0 saturated heterocycles. The summed E-state index contributed by atoms with van der Waals surface area (Å²) in [5, 5.41) is 4.33. The minimum atomic E-state index is -0.546. The highest BCUT2D eigenvalue weighted by molar-refractivity contribution is 7.17. The van der Waals surface area contributed by atoms with E-state index in [-0.39, 0.29) is 25.3 Å². The zero-order chi connectivity index (χ0) is 22.0. The number of halogens is 2. The Morgan fingerprint density at radius 3 is 2.23 bits per heavy atom. The predicted molar refractivity (Wildman–Crippen MR) is 115 cm³/mol. The highest BCUT2D eigenvalue weighted by atomic mass is 32.1. The molecule has 4 rings (SSSR count). The van der Waals surface area contributed by atoms with Gasteiger partial charge in [0.25, 0.3) is 5.56 Å². The van der Waals surface area contributed by atoms with Gasteiger partial charge in [0.2, 0.25) is 5.91 Å². The number of nitrogens with zero attached hydrogens (tertiary/aromatic N) is 2. The number of carbonyl (C=O) groups is 1. The van der Waals surface area contributed by atoms with E-state index in [0.29, 0.717) is 21.5 Å². The molecule has 2 aromatic carbocycles. The van der Waals surface area contributed by atoms with Crippen LogP contribution in [0.5, 0.6) is 0 Å². The number of anilines is 1. The highest BCUT2D eigenvalue weighted by Crippen LogP contribution is 2.17. The summed E-state index contributed by atoms with van der Waals surface area (Å²) in [5.74, 6) is -1.21. The Kier molecular flexibility index (Phi) is 5.77. The van der Waals surface area contributed by atoms with E-state index in [1.807, 2.05) is 0 Å². The van der Waals surface area contributed by atoms with Crippen LogP contribution in [0, 0.1) is 11.6 Å². The number of nitrogens with one attached hydrogen (secondary N) is 1. The molecule has 1 amide bonds. The molecule has 0 fully saturated rings. The Labute approximate surface area is 179 Å². The maximum absolute atomic E-state index is 13.2. The lowest BCUT2D eigenvalue weighted by Crippen LogP contribution is -2.40. The first-order valence-corrected chi connectivity index (χ1v) is 10.3. The van der Waals surface area contributed by atoms with Crippen LogP contribution in [0.1, 0.15) is 12.0 Å². The van der Waals surface area contributed by atoms with Gasteiger partial charge in [-0.2, -0.15) is 0 Å². The number of carbonyl (C=O) groups excluding carboxylic acids is 1. The van der Waals surface area contributed by atoms with Gasteiger partial charge in [0.1, 0.15) is 16.3 Å². The van der Waals surface area contributed by atoms with Gasteiger partial charge in [0.05, 0.1) is 12.1 Å². The molecule has 0 saturated carbocycles. The molecule has 0 aliphatic heterocycles. The van der Waals surface area contributed by atoms with Crippen LogP contribution in [-0.2, 0) is 17.9 Å². The normalized spacial score (nSPS) is 11.0. The van der Waals surface area contributed by atoms with Crippen LogP contribution in [0.2, 0.25) is 0 Å². The minimum absolute atomic E-state index is 0.109. The van der Waals surface area contributed by atoms with Crippen molar-refractivity contribution in [1.82, 2.24) is 9.13 Å². The molecule has 0 aliphatic rings. The molecule has 2 aromatic heterocycles. The van der Waals surface area contributed by atoms with Crippen LogP contribution < -0.4 is 16.6 Å². The van der Waals surface area contributed by atoms with Crippen LogP contribution in [0.4, 0.5) is 14.5 Å². The Morgan fingerprint density at radius 2 is 1.55 bits per heavy atom. The molecule has 0 unspecified atom stereocenters. The lowest BCUT2D eigenvalue weighted by atomic mass is 10.2. The number of fused-ring (bicyclic) bond motifs is 1. The van der Waals surface area contributed by atoms with Gasteiger partial charge >= 0.3 is 5.69 Å². The van der Waals surface area contributed by atoms with E-state index < -0.39 is 23.0 Å². The fourth-order valence-corrected chi connectivity index (χ4v) is 4.07. The van der Waals surface area contributed by atoms with Crippen LogP contribution >= 0.6 is 11.3 Å². The Morgan fingerprint density at radius 1 is 0.903 bits per heavy atom. The lowest BCUT2D eigenvalue weighted by molar-refractivity contribution is -0.116. The maximum atomic E-state index is 13.2. The van der Waals surface area contributed by atoms with Crippen molar-refractivity contribution in [1.29, 1.82) is 0 Å². The summed E-state index contributed by atoms with van der Waals surface area (Å²) in [7, 11) is 0. The van der Waals surface area contributed by atoms with Gasteiger partial charge in [0.15, 0.2) is 0 Å². The molecule has 6 nitrogen and oxygen atoms in total. The highest BCUT2D eigenvalue weighted by Gasteiger charge is 2.15. The topological polar surface area (TPSA) is 73.1 Å². The van der Waals surface area contributed by atoms with Gasteiger partial charge in [-0.15, -0.1) is 11.3 Å². The van der Waals surface area contributed by atoms with Crippen molar-refractivity contribution in [2.24, 2.45) is 0 Å². The van der Waals surface area contributed by atoms with Crippen LogP contribution in [0.25, 0.3) is 10.2 Å². The van der Waals surface area contributed by atoms with Gasteiger partial charge in [-0.05, 0) is 53.4 Å². The lowest BCUT2D eigenvalue weighted by Gasteiger charge is -2.12. The number of benzene rings is 2. The third kappa shape index (κ3) is 4.46. The average Bonchev–Trinajstić information content (AvgIpc) is 3.24. The van der Waals surface area contributed by atoms with Gasteiger partial charge in [-0.3, -0.25) is 18.7 Å². The van der Waals surface area contributed by atoms with E-state index >= 15 is 0 Å². The number of amides is 1. The molecule has 158 valence electrons. The van der Waals surface area contributed by atoms with E-state index in [0.717, 1.165) is 4.57 Å². The molecule has 0 radical (unpaired) electrons. The zero-order valence-electron chi connectivity index (χ0n) is 16.2. The SMILES string of the molecule is O=C(CCn1c(=O)c2sccc2n(Cc2ccc(F)cc2)c1=O)Nc1ccc(F)cc1. The van der Waals surface area contributed by atoms with Crippen molar-refractivity contribution in [2.75, 3.05) is 5.32 Å². The van der Waals surface area contributed by atoms with Gasteiger partial charge in [-0.1, -0.05) is 12.1 Å². The first-order valence-electron chi connectivity index (χ1n) is 9.43. The number of hydrogen-bond donors (Lipinski definition) is 1. The molecular weight excluding hydrogens is 424 g/mol. The summed E-state index contributed by atoms with van der Waals surface area (Å²) >= 11 is 1.21. The standard InChI is InChI=1S/C22H17F2N3O3S/c23-15-3-1-14(2-4-15)13-27-18-10-12-31-20(18)21(29)26(22(27)30)11-9-19(28)25-17-7-5-16(24)6-8-17/h1-8,10,12H,9,11,13H2,(H,25,28). The summed E-state index contributed by atoms with van der Waals surface area (Å²) < 4.78 is 29.1. The Hall–Kier alpha value is -3.59. The van der Waals surface area contributed by atoms with Gasteiger partial charge in [0, 0.05) is 18.7 Å². The van der Waals surface area contributed by atoms with E-state index in [4.69, 9.17) is 0 Å². The molecular formula is C22H17F2N3O3S. The first-order chi connectivity index (χ1) is 14.9. The summed E-state index contributed by atoms with van der Waals surface area (Å²) in [6.45, 7) is 0.0519. The summed E-state index contributed by atoms with van der Waals surface area (Å²) in [6, 6.07) is 12.7. The third-order valence-electron chi connectivity index (χ3n) is 4.78. The largest absolute Gasteiger partial charge is 0.331 e. The summed E-state index contributed by atoms with van der Waals surface area (Å²) in [4.78, 5) is 38.1. The third-order valence-corrected chi connectivity index (χ3v) is 5.67. The number of thiophene rings is 1. The fourth-order valence-electron chi connectivity index (χ4n) is 3.23. The van der Waals surface area contributed by atoms with Gasteiger partial charge in [-0.25, -0.2) is 13.6 Å². The molecule has 0 spiro atoms. The molecule has 0 atom stereocenters. The zero-order valence-corrected chi connectivity index (χ0v) is 17.0. The second kappa shape index (κ2) is 8.65. The van der Waals surface area contributed by atoms with Gasteiger partial charge < -0.3 is 5.32 Å². The van der Waals surface area contributed by atoms with E-state index in [1.165, 1.54) is 52.3 Å². The van der Waals surface area contributed by atoms with Crippen LogP contribution in [-0.4, -0.2) is 15.0 Å². The molecule has 4 aromatic rings. The van der Waals surface area contributed by atoms with E-state index in [2.05, 4.69) is 5.32 Å². The number of hydrogen-bond acceptors (Lipinski definition) is 4. The van der Waals surface area contributed by atoms with Crippen LogP contribution in [0.15, 0.2) is 69.6 Å². The molecule has 0 aliphatic carbocycles. The Balaban J connectivity index is 1.60. The molecule has 9 heteroatoms. The van der Waals surface area contributed by atoms with Crippen molar-refractivity contribution in [2.45, 2.75) is 19.5 Å². The fraction of sp³-hybridized carbons (Fsp3) is 0.136. The quantitative estimate of drug-likeness (QED) is 0.497. The monoisotopic (exact) mass is 441 g/mol. The summed E-state index contributed by atoms with van der Waals surface area (Å²) in [6.07, 6.45) is -0.111. The molecule has 2 heterocycles. The molecule has 0 bridgehead atoms. The molecule has 1 N–H and O–H groups in total.